The van der Waals surface area contributed by atoms with Gasteiger partial charge in [-0.05, 0) is 69.8 Å². The van der Waals surface area contributed by atoms with Crippen molar-refractivity contribution in [3.8, 4) is 0 Å². The predicted molar refractivity (Wildman–Crippen MR) is 107 cm³/mol. The molecule has 3 aliphatic rings. The van der Waals surface area contributed by atoms with Crippen molar-refractivity contribution < 1.29 is 18.0 Å². The predicted octanol–water partition coefficient (Wildman–Crippen LogP) is 1.88. The van der Waals surface area contributed by atoms with E-state index in [1.165, 1.54) is 12.1 Å². The highest BCUT2D eigenvalue weighted by Crippen LogP contribution is 2.39. The molecule has 2 aliphatic heterocycles. The lowest BCUT2D eigenvalue weighted by Gasteiger charge is -2.32. The molecule has 0 atom stereocenters. The molecule has 1 aromatic carbocycles. The number of sulfonamides is 1. The Bertz CT molecular complexity index is 877. The van der Waals surface area contributed by atoms with E-state index in [1.807, 2.05) is 7.05 Å². The minimum Gasteiger partial charge on any atom is -0.339 e. The van der Waals surface area contributed by atoms with Crippen LogP contribution in [0.2, 0.25) is 0 Å². The lowest BCUT2D eigenvalue weighted by Crippen LogP contribution is -2.39. The van der Waals surface area contributed by atoms with Gasteiger partial charge < -0.3 is 10.2 Å². The minimum atomic E-state index is -3.83. The number of hydrogen-bond donors (Lipinski definition) is 1. The Morgan fingerprint density at radius 3 is 2.46 bits per heavy atom. The molecule has 9 heteroatoms. The van der Waals surface area contributed by atoms with E-state index in [9.17, 15) is 18.0 Å². The van der Waals surface area contributed by atoms with Crippen molar-refractivity contribution in [1.29, 1.82) is 0 Å². The van der Waals surface area contributed by atoms with Crippen LogP contribution >= 0.6 is 12.4 Å². The van der Waals surface area contributed by atoms with Gasteiger partial charge in [-0.1, -0.05) is 0 Å². The molecule has 2 amide bonds. The fraction of sp³-hybridized carbons (Fsp3) is 0.579. The molecule has 0 spiro atoms. The molecule has 28 heavy (non-hydrogen) atoms. The third-order valence-corrected chi connectivity index (χ3v) is 7.65. The highest BCUT2D eigenvalue weighted by atomic mass is 35.5. The summed E-state index contributed by atoms with van der Waals surface area (Å²) in [6.07, 6.45) is 4.46. The highest BCUT2D eigenvalue weighted by molar-refractivity contribution is 7.90. The van der Waals surface area contributed by atoms with Crippen molar-refractivity contribution in [1.82, 2.24) is 14.5 Å². The summed E-state index contributed by atoms with van der Waals surface area (Å²) < 4.78 is 26.5. The number of benzene rings is 1. The topological polar surface area (TPSA) is 86.8 Å². The van der Waals surface area contributed by atoms with Gasteiger partial charge in [0.2, 0.25) is 0 Å². The van der Waals surface area contributed by atoms with Crippen LogP contribution in [0.3, 0.4) is 0 Å². The van der Waals surface area contributed by atoms with Gasteiger partial charge in [0.15, 0.2) is 0 Å². The number of rotatable bonds is 5. The first-order chi connectivity index (χ1) is 12.9. The molecule has 1 saturated heterocycles. The number of nitrogens with zero attached hydrogens (tertiary/aromatic N) is 2. The number of carbonyl (C=O) groups excluding carboxylic acids is 2. The Hall–Kier alpha value is -1.64. The van der Waals surface area contributed by atoms with E-state index in [4.69, 9.17) is 0 Å². The molecule has 0 unspecified atom stereocenters. The van der Waals surface area contributed by atoms with E-state index in [2.05, 4.69) is 5.32 Å². The molecule has 154 valence electrons. The third-order valence-electron chi connectivity index (χ3n) is 5.78. The zero-order valence-electron chi connectivity index (χ0n) is 15.9. The Balaban J connectivity index is 0.00000225. The monoisotopic (exact) mass is 427 g/mol. The van der Waals surface area contributed by atoms with Gasteiger partial charge in [-0.3, -0.25) is 9.59 Å². The summed E-state index contributed by atoms with van der Waals surface area (Å²) in [5.41, 5.74) is 0.528. The van der Waals surface area contributed by atoms with Crippen molar-refractivity contribution in [2.45, 2.75) is 43.0 Å². The van der Waals surface area contributed by atoms with E-state index < -0.39 is 15.9 Å². The average Bonchev–Trinajstić information content (AvgIpc) is 3.47. The second-order valence-corrected chi connectivity index (χ2v) is 9.46. The van der Waals surface area contributed by atoms with Gasteiger partial charge in [-0.15, -0.1) is 12.4 Å². The molecule has 2 heterocycles. The summed E-state index contributed by atoms with van der Waals surface area (Å²) >= 11 is 0. The van der Waals surface area contributed by atoms with Crippen molar-refractivity contribution in [2.75, 3.05) is 26.7 Å². The van der Waals surface area contributed by atoms with Crippen molar-refractivity contribution >= 4 is 34.2 Å². The number of carbonyl (C=O) groups is 2. The second kappa shape index (κ2) is 8.00. The second-order valence-electron chi connectivity index (χ2n) is 7.68. The van der Waals surface area contributed by atoms with Gasteiger partial charge in [0, 0.05) is 24.7 Å². The summed E-state index contributed by atoms with van der Waals surface area (Å²) in [4.78, 5) is 27.1. The van der Waals surface area contributed by atoms with Gasteiger partial charge in [-0.2, -0.15) is 0 Å². The molecular formula is C19H26ClN3O4S. The van der Waals surface area contributed by atoms with E-state index in [0.29, 0.717) is 37.4 Å². The first-order valence-corrected chi connectivity index (χ1v) is 11.0. The lowest BCUT2D eigenvalue weighted by atomic mass is 9.93. The number of halogens is 1. The van der Waals surface area contributed by atoms with E-state index in [-0.39, 0.29) is 34.8 Å². The number of fused-ring (bicyclic) bond motifs is 1. The number of hydrogen-bond acceptors (Lipinski definition) is 5. The van der Waals surface area contributed by atoms with Crippen LogP contribution in [-0.4, -0.2) is 62.2 Å². The van der Waals surface area contributed by atoms with Gasteiger partial charge >= 0.3 is 0 Å². The Kier molecular flexibility index (Phi) is 6.03. The molecule has 1 N–H and O–H groups in total. The van der Waals surface area contributed by atoms with Gasteiger partial charge in [-0.25, -0.2) is 12.7 Å². The summed E-state index contributed by atoms with van der Waals surface area (Å²) in [6, 6.07) is 4.24. The number of nitrogens with one attached hydrogen (secondary N) is 1. The Morgan fingerprint density at radius 2 is 1.86 bits per heavy atom. The summed E-state index contributed by atoms with van der Waals surface area (Å²) in [5.74, 6) is 0.000791. The third kappa shape index (κ3) is 3.65. The van der Waals surface area contributed by atoms with Crippen LogP contribution in [0.25, 0.3) is 0 Å². The zero-order chi connectivity index (χ0) is 19.2. The molecule has 4 rings (SSSR count). The van der Waals surface area contributed by atoms with Crippen LogP contribution < -0.4 is 5.32 Å². The van der Waals surface area contributed by atoms with E-state index >= 15 is 0 Å². The number of piperidine rings is 1. The maximum Gasteiger partial charge on any atom is 0.269 e. The van der Waals surface area contributed by atoms with Crippen LogP contribution in [-0.2, 0) is 10.0 Å². The average molecular weight is 428 g/mol. The van der Waals surface area contributed by atoms with Gasteiger partial charge in [0.25, 0.3) is 21.8 Å². The van der Waals surface area contributed by atoms with Crippen molar-refractivity contribution in [3.05, 3.63) is 29.3 Å². The Labute approximate surface area is 171 Å². The summed E-state index contributed by atoms with van der Waals surface area (Å²) in [7, 11) is -1.89. The zero-order valence-corrected chi connectivity index (χ0v) is 17.5. The minimum absolute atomic E-state index is 0. The highest BCUT2D eigenvalue weighted by Gasteiger charge is 2.48. The van der Waals surface area contributed by atoms with Gasteiger partial charge in [0.1, 0.15) is 4.90 Å². The fourth-order valence-corrected chi connectivity index (χ4v) is 5.85. The molecule has 7 nitrogen and oxygen atoms in total. The smallest absolute Gasteiger partial charge is 0.269 e. The van der Waals surface area contributed by atoms with E-state index in [0.717, 1.165) is 30.1 Å². The van der Waals surface area contributed by atoms with Crippen LogP contribution in [0, 0.1) is 5.92 Å². The molecule has 1 aromatic rings. The summed E-state index contributed by atoms with van der Waals surface area (Å²) in [5, 5.41) is 3.16. The lowest BCUT2D eigenvalue weighted by molar-refractivity contribution is 0.0686. The molecule has 2 fully saturated rings. The van der Waals surface area contributed by atoms with Crippen LogP contribution in [0.4, 0.5) is 0 Å². The normalized spacial score (nSPS) is 21.4. The molecular weight excluding hydrogens is 402 g/mol. The summed E-state index contributed by atoms with van der Waals surface area (Å²) in [6.45, 7) is 2.35. The van der Waals surface area contributed by atoms with Crippen LogP contribution in [0.1, 0.15) is 52.8 Å². The van der Waals surface area contributed by atoms with E-state index in [1.54, 1.807) is 11.0 Å². The maximum atomic E-state index is 12.9. The first kappa shape index (κ1) is 21.1. The standard InChI is InChI=1S/C19H25N3O4S.ClH/c1-20-9-6-13-7-10-21(11-8-13)18(23)14-2-5-16-17(12-14)27(25,26)22(19(16)24)15-3-4-15;/h2,5,12-13,15,20H,3-4,6-11H2,1H3;1H. The largest absolute Gasteiger partial charge is 0.339 e. The molecule has 0 aromatic heterocycles. The molecule has 1 aliphatic carbocycles. The van der Waals surface area contributed by atoms with Crippen LogP contribution in [0.5, 0.6) is 0 Å². The van der Waals surface area contributed by atoms with Gasteiger partial charge in [0.05, 0.1) is 5.56 Å². The fourth-order valence-electron chi connectivity index (χ4n) is 4.01. The number of likely N-dealkylation sites (tertiary alicyclic amines) is 1. The van der Waals surface area contributed by atoms with Crippen molar-refractivity contribution in [3.63, 3.8) is 0 Å². The maximum absolute atomic E-state index is 12.9. The Morgan fingerprint density at radius 1 is 1.18 bits per heavy atom. The van der Waals surface area contributed by atoms with Crippen molar-refractivity contribution in [2.24, 2.45) is 5.92 Å². The SMILES string of the molecule is CNCCC1CCN(C(=O)c2ccc3c(c2)S(=O)(=O)N(C2CC2)C3=O)CC1.Cl. The quantitative estimate of drug-likeness (QED) is 0.775. The molecule has 0 radical (unpaired) electrons. The van der Waals surface area contributed by atoms with Crippen LogP contribution in [0.15, 0.2) is 23.1 Å². The molecule has 0 bridgehead atoms. The number of amides is 2. The molecule has 1 saturated carbocycles. The first-order valence-electron chi connectivity index (χ1n) is 9.60.